The van der Waals surface area contributed by atoms with E-state index in [2.05, 4.69) is 54.0 Å². The molecule has 0 saturated heterocycles. The van der Waals surface area contributed by atoms with Crippen molar-refractivity contribution in [1.29, 1.82) is 0 Å². The number of anilines is 1. The number of nitrogens with one attached hydrogen (secondary N) is 2. The summed E-state index contributed by atoms with van der Waals surface area (Å²) in [7, 11) is 0. The van der Waals surface area contributed by atoms with E-state index in [-0.39, 0.29) is 6.04 Å². The van der Waals surface area contributed by atoms with Gasteiger partial charge in [0.15, 0.2) is 5.11 Å². The number of carbonyl (C=O) groups excluding carboxylic acids is 1. The average Bonchev–Trinajstić information content (AvgIpc) is 2.73. The van der Waals surface area contributed by atoms with Crippen LogP contribution in [0.1, 0.15) is 40.0 Å². The number of ether oxygens (including phenoxy) is 1. The zero-order valence-electron chi connectivity index (χ0n) is 16.8. The molecule has 2 N–H and O–H groups in total. The van der Waals surface area contributed by atoms with Crippen molar-refractivity contribution in [3.05, 3.63) is 100 Å². The minimum absolute atomic E-state index is 0.110. The van der Waals surface area contributed by atoms with E-state index in [0.717, 1.165) is 11.1 Å². The van der Waals surface area contributed by atoms with Gasteiger partial charge in [-0.1, -0.05) is 71.8 Å². The van der Waals surface area contributed by atoms with Crippen LogP contribution >= 0.6 is 23.8 Å². The first-order valence-corrected chi connectivity index (χ1v) is 10.4. The number of benzene rings is 3. The second-order valence-corrected chi connectivity index (χ2v) is 7.58. The molecule has 0 radical (unpaired) electrons. The summed E-state index contributed by atoms with van der Waals surface area (Å²) in [6, 6.07) is 23.4. The maximum absolute atomic E-state index is 11.9. The minimum Gasteiger partial charge on any atom is -0.462 e. The number of hydrogen-bond acceptors (Lipinski definition) is 3. The third kappa shape index (κ3) is 5.59. The Kier molecular flexibility index (Phi) is 7.44. The van der Waals surface area contributed by atoms with Crippen LogP contribution in [0.15, 0.2) is 72.8 Å². The molecular formula is C24H23ClN2O2S. The Morgan fingerprint density at radius 3 is 2.33 bits per heavy atom. The van der Waals surface area contributed by atoms with Gasteiger partial charge in [-0.15, -0.1) is 0 Å². The normalized spacial score (nSPS) is 11.4. The molecule has 0 heterocycles. The molecule has 3 rings (SSSR count). The SMILES string of the molecule is CCOC(=O)c1ccc(NC(=S)NC(c2ccccc2)c2ccc(C)cc2)cc1Cl. The van der Waals surface area contributed by atoms with E-state index in [1.54, 1.807) is 25.1 Å². The van der Waals surface area contributed by atoms with Crippen molar-refractivity contribution in [2.45, 2.75) is 19.9 Å². The Hall–Kier alpha value is -2.89. The first-order valence-electron chi connectivity index (χ1n) is 9.63. The summed E-state index contributed by atoms with van der Waals surface area (Å²) in [6.07, 6.45) is 0. The summed E-state index contributed by atoms with van der Waals surface area (Å²) in [6.45, 7) is 4.11. The lowest BCUT2D eigenvalue weighted by Gasteiger charge is -2.22. The molecule has 3 aromatic rings. The van der Waals surface area contributed by atoms with Crippen LogP contribution in [0.25, 0.3) is 0 Å². The van der Waals surface area contributed by atoms with Crippen LogP contribution in [0.5, 0.6) is 0 Å². The van der Waals surface area contributed by atoms with Crippen molar-refractivity contribution in [3.63, 3.8) is 0 Å². The summed E-state index contributed by atoms with van der Waals surface area (Å²) < 4.78 is 5.01. The first kappa shape index (κ1) is 21.8. The Bertz CT molecular complexity index is 1020. The van der Waals surface area contributed by atoms with Gasteiger partial charge in [0, 0.05) is 5.69 Å². The van der Waals surface area contributed by atoms with E-state index < -0.39 is 5.97 Å². The number of halogens is 1. The van der Waals surface area contributed by atoms with Crippen molar-refractivity contribution in [3.8, 4) is 0 Å². The van der Waals surface area contributed by atoms with Crippen LogP contribution in [0, 0.1) is 6.92 Å². The largest absolute Gasteiger partial charge is 0.462 e. The predicted octanol–water partition coefficient (Wildman–Crippen LogP) is 5.90. The number of hydrogen-bond donors (Lipinski definition) is 2. The first-order chi connectivity index (χ1) is 14.5. The van der Waals surface area contributed by atoms with Gasteiger partial charge in [-0.3, -0.25) is 0 Å². The highest BCUT2D eigenvalue weighted by molar-refractivity contribution is 7.80. The molecule has 4 nitrogen and oxygen atoms in total. The van der Waals surface area contributed by atoms with Crippen molar-refractivity contribution in [1.82, 2.24) is 5.32 Å². The Labute approximate surface area is 187 Å². The monoisotopic (exact) mass is 438 g/mol. The standard InChI is InChI=1S/C24H23ClN2O2S/c1-3-29-23(28)20-14-13-19(15-21(20)25)26-24(30)27-22(17-7-5-4-6-8-17)18-11-9-16(2)10-12-18/h4-15,22H,3H2,1-2H3,(H2,26,27,30). The van der Waals surface area contributed by atoms with Gasteiger partial charge in [0.2, 0.25) is 0 Å². The fourth-order valence-corrected chi connectivity index (χ4v) is 3.52. The van der Waals surface area contributed by atoms with Gasteiger partial charge in [0.25, 0.3) is 0 Å². The third-order valence-electron chi connectivity index (χ3n) is 4.54. The van der Waals surface area contributed by atoms with Crippen LogP contribution < -0.4 is 10.6 Å². The third-order valence-corrected chi connectivity index (χ3v) is 5.07. The molecule has 0 aromatic heterocycles. The maximum Gasteiger partial charge on any atom is 0.339 e. The van der Waals surface area contributed by atoms with Crippen molar-refractivity contribution in [2.24, 2.45) is 0 Å². The van der Waals surface area contributed by atoms with Crippen LogP contribution in [-0.2, 0) is 4.74 Å². The molecule has 154 valence electrons. The van der Waals surface area contributed by atoms with Crippen LogP contribution in [0.3, 0.4) is 0 Å². The van der Waals surface area contributed by atoms with Gasteiger partial charge in [0.05, 0.1) is 23.2 Å². The molecule has 0 aliphatic rings. The van der Waals surface area contributed by atoms with E-state index in [1.807, 2.05) is 18.2 Å². The second-order valence-electron chi connectivity index (χ2n) is 6.77. The Morgan fingerprint density at radius 1 is 1.03 bits per heavy atom. The molecule has 0 bridgehead atoms. The lowest BCUT2D eigenvalue weighted by molar-refractivity contribution is 0.0526. The topological polar surface area (TPSA) is 50.4 Å². The number of aryl methyl sites for hydroxylation is 1. The van der Waals surface area contributed by atoms with Crippen molar-refractivity contribution in [2.75, 3.05) is 11.9 Å². The number of thiocarbonyl (C=S) groups is 1. The van der Waals surface area contributed by atoms with Crippen LogP contribution in [0.4, 0.5) is 5.69 Å². The Morgan fingerprint density at radius 2 is 1.70 bits per heavy atom. The quantitative estimate of drug-likeness (QED) is 0.370. The maximum atomic E-state index is 11.9. The minimum atomic E-state index is -0.446. The van der Waals surface area contributed by atoms with Crippen molar-refractivity contribution >= 4 is 40.6 Å². The van der Waals surface area contributed by atoms with Crippen LogP contribution in [0.2, 0.25) is 5.02 Å². The zero-order chi connectivity index (χ0) is 21.5. The average molecular weight is 439 g/mol. The van der Waals surface area contributed by atoms with Crippen molar-refractivity contribution < 1.29 is 9.53 Å². The zero-order valence-corrected chi connectivity index (χ0v) is 18.4. The van der Waals surface area contributed by atoms with Gasteiger partial charge < -0.3 is 15.4 Å². The fraction of sp³-hybridized carbons (Fsp3) is 0.167. The molecule has 0 fully saturated rings. The molecule has 0 aliphatic carbocycles. The molecule has 30 heavy (non-hydrogen) atoms. The molecule has 1 atom stereocenters. The summed E-state index contributed by atoms with van der Waals surface area (Å²) in [5, 5.41) is 7.28. The van der Waals surface area contributed by atoms with E-state index in [9.17, 15) is 4.79 Å². The van der Waals surface area contributed by atoms with E-state index in [4.69, 9.17) is 28.6 Å². The van der Waals surface area contributed by atoms with Gasteiger partial charge in [0.1, 0.15) is 0 Å². The van der Waals surface area contributed by atoms with E-state index in [0.29, 0.717) is 28.0 Å². The summed E-state index contributed by atoms with van der Waals surface area (Å²) in [5.74, 6) is -0.446. The molecule has 0 aliphatic heterocycles. The number of carbonyl (C=O) groups is 1. The van der Waals surface area contributed by atoms with E-state index >= 15 is 0 Å². The van der Waals surface area contributed by atoms with Gasteiger partial charge in [-0.2, -0.15) is 0 Å². The second kappa shape index (κ2) is 10.2. The van der Waals surface area contributed by atoms with Gasteiger partial charge >= 0.3 is 5.97 Å². The summed E-state index contributed by atoms with van der Waals surface area (Å²) in [5.41, 5.74) is 4.40. The molecule has 0 amide bonds. The number of esters is 1. The summed E-state index contributed by atoms with van der Waals surface area (Å²) >= 11 is 11.8. The predicted molar refractivity (Wildman–Crippen MR) is 126 cm³/mol. The Balaban J connectivity index is 1.77. The molecule has 0 saturated carbocycles. The highest BCUT2D eigenvalue weighted by Crippen LogP contribution is 2.24. The highest BCUT2D eigenvalue weighted by atomic mass is 35.5. The fourth-order valence-electron chi connectivity index (χ4n) is 3.03. The molecule has 3 aromatic carbocycles. The highest BCUT2D eigenvalue weighted by Gasteiger charge is 2.16. The smallest absolute Gasteiger partial charge is 0.339 e. The lowest BCUT2D eigenvalue weighted by Crippen LogP contribution is -2.33. The van der Waals surface area contributed by atoms with Gasteiger partial charge in [-0.25, -0.2) is 4.79 Å². The summed E-state index contributed by atoms with van der Waals surface area (Å²) in [4.78, 5) is 11.9. The molecule has 0 spiro atoms. The molecule has 6 heteroatoms. The lowest BCUT2D eigenvalue weighted by atomic mass is 9.98. The van der Waals surface area contributed by atoms with Crippen LogP contribution in [-0.4, -0.2) is 17.7 Å². The number of rotatable bonds is 6. The molecular weight excluding hydrogens is 416 g/mol. The van der Waals surface area contributed by atoms with E-state index in [1.165, 1.54) is 5.56 Å². The van der Waals surface area contributed by atoms with Gasteiger partial charge in [-0.05, 0) is 55.4 Å². The molecule has 1 unspecified atom stereocenters.